The summed E-state index contributed by atoms with van der Waals surface area (Å²) in [6.45, 7) is 0. The van der Waals surface area contributed by atoms with Crippen LogP contribution >= 0.6 is 0 Å². The van der Waals surface area contributed by atoms with E-state index in [0.29, 0.717) is 5.56 Å². The van der Waals surface area contributed by atoms with Crippen LogP contribution in [0.15, 0.2) is 53.4 Å². The molecule has 0 aliphatic heterocycles. The van der Waals surface area contributed by atoms with Crippen molar-refractivity contribution in [3.05, 3.63) is 59.7 Å². The molecule has 0 bridgehead atoms. The minimum absolute atomic E-state index is 0.0000149. The molecular formula is C16H17N3O5S. The number of amides is 2. The lowest BCUT2D eigenvalue weighted by molar-refractivity contribution is 0.0706. The Morgan fingerprint density at radius 3 is 1.92 bits per heavy atom. The van der Waals surface area contributed by atoms with Crippen molar-refractivity contribution in [3.8, 4) is 0 Å². The molecule has 0 fully saturated rings. The lowest BCUT2D eigenvalue weighted by atomic mass is 10.2. The molecule has 0 saturated heterocycles. The van der Waals surface area contributed by atoms with E-state index in [-0.39, 0.29) is 22.1 Å². The fourth-order valence-corrected chi connectivity index (χ4v) is 3.06. The molecule has 0 atom stereocenters. The Bertz CT molecular complexity index is 875. The van der Waals surface area contributed by atoms with Crippen LogP contribution in [0.3, 0.4) is 0 Å². The predicted octanol–water partition coefficient (Wildman–Crippen LogP) is 1.31. The van der Waals surface area contributed by atoms with Gasteiger partial charge in [0.2, 0.25) is 0 Å². The van der Waals surface area contributed by atoms with Crippen molar-refractivity contribution in [2.24, 2.45) is 0 Å². The topological polar surface area (TPSA) is 116 Å². The number of carbonyl (C=O) groups is 2. The summed E-state index contributed by atoms with van der Waals surface area (Å²) < 4.78 is 27.1. The predicted molar refractivity (Wildman–Crippen MR) is 91.0 cm³/mol. The molecule has 2 aromatic rings. The number of rotatable bonds is 5. The molecule has 2 rings (SSSR count). The summed E-state index contributed by atoms with van der Waals surface area (Å²) in [7, 11) is -0.627. The van der Waals surface area contributed by atoms with Crippen LogP contribution in [0.2, 0.25) is 0 Å². The van der Waals surface area contributed by atoms with Crippen molar-refractivity contribution in [3.63, 3.8) is 0 Å². The van der Waals surface area contributed by atoms with Crippen molar-refractivity contribution < 1.29 is 23.2 Å². The van der Waals surface area contributed by atoms with E-state index in [9.17, 15) is 18.0 Å². The quantitative estimate of drug-likeness (QED) is 0.547. The van der Waals surface area contributed by atoms with E-state index in [2.05, 4.69) is 4.72 Å². The SMILES string of the molecule is CN(C)C(=O)c1ccc(S(=O)(=O)Nc2ccc(C(=O)NO)cc2)cc1. The average molecular weight is 363 g/mol. The third kappa shape index (κ3) is 4.34. The van der Waals surface area contributed by atoms with E-state index in [1.165, 1.54) is 58.9 Å². The van der Waals surface area contributed by atoms with Crippen LogP contribution in [0.25, 0.3) is 0 Å². The van der Waals surface area contributed by atoms with Gasteiger partial charge in [0.05, 0.1) is 4.90 Å². The van der Waals surface area contributed by atoms with Crippen LogP contribution < -0.4 is 10.2 Å². The zero-order valence-corrected chi connectivity index (χ0v) is 14.4. The van der Waals surface area contributed by atoms with Gasteiger partial charge in [-0.25, -0.2) is 13.9 Å². The lowest BCUT2D eigenvalue weighted by Crippen LogP contribution is -2.21. The smallest absolute Gasteiger partial charge is 0.274 e. The average Bonchev–Trinajstić information content (AvgIpc) is 2.60. The monoisotopic (exact) mass is 363 g/mol. The Kier molecular flexibility index (Phi) is 5.40. The highest BCUT2D eigenvalue weighted by Crippen LogP contribution is 2.17. The van der Waals surface area contributed by atoms with Gasteiger partial charge in [0.15, 0.2) is 0 Å². The van der Waals surface area contributed by atoms with Gasteiger partial charge >= 0.3 is 0 Å². The summed E-state index contributed by atoms with van der Waals surface area (Å²) in [5, 5.41) is 8.55. The molecule has 0 aliphatic rings. The van der Waals surface area contributed by atoms with E-state index in [1.54, 1.807) is 14.1 Å². The molecule has 132 valence electrons. The molecule has 0 saturated carbocycles. The summed E-state index contributed by atoms with van der Waals surface area (Å²) >= 11 is 0. The summed E-state index contributed by atoms with van der Waals surface area (Å²) in [5.41, 5.74) is 2.30. The summed E-state index contributed by atoms with van der Waals surface area (Å²) in [6, 6.07) is 11.1. The fraction of sp³-hybridized carbons (Fsp3) is 0.125. The maximum absolute atomic E-state index is 12.4. The van der Waals surface area contributed by atoms with Gasteiger partial charge in [-0.2, -0.15) is 0 Å². The van der Waals surface area contributed by atoms with E-state index in [1.807, 2.05) is 0 Å². The van der Waals surface area contributed by atoms with E-state index in [4.69, 9.17) is 5.21 Å². The second-order valence-corrected chi connectivity index (χ2v) is 7.03. The third-order valence-corrected chi connectivity index (χ3v) is 4.72. The van der Waals surface area contributed by atoms with Crippen LogP contribution in [-0.2, 0) is 10.0 Å². The number of hydrogen-bond acceptors (Lipinski definition) is 5. The molecule has 0 aliphatic carbocycles. The second-order valence-electron chi connectivity index (χ2n) is 5.35. The molecule has 0 heterocycles. The van der Waals surface area contributed by atoms with Crippen molar-refractivity contribution in [2.75, 3.05) is 18.8 Å². The van der Waals surface area contributed by atoms with E-state index >= 15 is 0 Å². The summed E-state index contributed by atoms with van der Waals surface area (Å²) in [5.74, 6) is -0.926. The Balaban J connectivity index is 2.18. The largest absolute Gasteiger partial charge is 0.345 e. The Hall–Kier alpha value is -2.91. The van der Waals surface area contributed by atoms with Crippen LogP contribution in [0, 0.1) is 0 Å². The molecule has 9 heteroatoms. The van der Waals surface area contributed by atoms with Crippen molar-refractivity contribution in [2.45, 2.75) is 4.90 Å². The van der Waals surface area contributed by atoms with Gasteiger partial charge in [-0.15, -0.1) is 0 Å². The molecule has 3 N–H and O–H groups in total. The lowest BCUT2D eigenvalue weighted by Gasteiger charge is -2.11. The first-order valence-corrected chi connectivity index (χ1v) is 8.62. The van der Waals surface area contributed by atoms with Gasteiger partial charge in [0, 0.05) is 30.9 Å². The minimum Gasteiger partial charge on any atom is -0.345 e. The van der Waals surface area contributed by atoms with Crippen LogP contribution in [0.4, 0.5) is 5.69 Å². The summed E-state index contributed by atoms with van der Waals surface area (Å²) in [4.78, 5) is 24.4. The zero-order valence-electron chi connectivity index (χ0n) is 13.6. The minimum atomic E-state index is -3.84. The summed E-state index contributed by atoms with van der Waals surface area (Å²) in [6.07, 6.45) is 0. The number of benzene rings is 2. The highest BCUT2D eigenvalue weighted by Gasteiger charge is 2.16. The molecule has 25 heavy (non-hydrogen) atoms. The van der Waals surface area contributed by atoms with Gasteiger partial charge in [0.1, 0.15) is 0 Å². The number of nitrogens with one attached hydrogen (secondary N) is 2. The van der Waals surface area contributed by atoms with Crippen molar-refractivity contribution in [1.82, 2.24) is 10.4 Å². The zero-order chi connectivity index (χ0) is 18.6. The normalized spacial score (nSPS) is 10.8. The number of hydrogen-bond donors (Lipinski definition) is 3. The first kappa shape index (κ1) is 18.4. The molecule has 0 unspecified atom stereocenters. The first-order valence-electron chi connectivity index (χ1n) is 7.13. The highest BCUT2D eigenvalue weighted by atomic mass is 32.2. The molecule has 0 radical (unpaired) electrons. The molecule has 0 spiro atoms. The Morgan fingerprint density at radius 2 is 1.44 bits per heavy atom. The van der Waals surface area contributed by atoms with Gasteiger partial charge < -0.3 is 4.90 Å². The number of sulfonamides is 1. The number of nitrogens with zero attached hydrogens (tertiary/aromatic N) is 1. The molecular weight excluding hydrogens is 346 g/mol. The maximum atomic E-state index is 12.4. The Labute approximate surface area is 145 Å². The number of hydroxylamine groups is 1. The number of carbonyl (C=O) groups excluding carboxylic acids is 2. The van der Waals surface area contributed by atoms with E-state index in [0.717, 1.165) is 0 Å². The van der Waals surface area contributed by atoms with Gasteiger partial charge in [0.25, 0.3) is 21.8 Å². The van der Waals surface area contributed by atoms with Crippen LogP contribution in [0.1, 0.15) is 20.7 Å². The molecule has 2 amide bonds. The van der Waals surface area contributed by atoms with Gasteiger partial charge in [-0.3, -0.25) is 19.5 Å². The maximum Gasteiger partial charge on any atom is 0.274 e. The molecule has 2 aromatic carbocycles. The molecule has 0 aromatic heterocycles. The first-order chi connectivity index (χ1) is 11.7. The number of anilines is 1. The van der Waals surface area contributed by atoms with Crippen molar-refractivity contribution >= 4 is 27.5 Å². The highest BCUT2D eigenvalue weighted by molar-refractivity contribution is 7.92. The third-order valence-electron chi connectivity index (χ3n) is 3.32. The van der Waals surface area contributed by atoms with Crippen LogP contribution in [-0.4, -0.2) is 44.4 Å². The Morgan fingerprint density at radius 1 is 0.920 bits per heavy atom. The second kappa shape index (κ2) is 7.32. The van der Waals surface area contributed by atoms with Gasteiger partial charge in [-0.05, 0) is 48.5 Å². The standard InChI is InChI=1S/C16H17N3O5S/c1-19(2)16(21)12-5-9-14(10-6-12)25(23,24)18-13-7-3-11(4-8-13)15(20)17-22/h3-10,18,22H,1-2H3,(H,17,20). The molecule has 8 nitrogen and oxygen atoms in total. The van der Waals surface area contributed by atoms with Gasteiger partial charge in [-0.1, -0.05) is 0 Å². The van der Waals surface area contributed by atoms with Crippen LogP contribution in [0.5, 0.6) is 0 Å². The fourth-order valence-electron chi connectivity index (χ4n) is 2.00. The van der Waals surface area contributed by atoms with E-state index < -0.39 is 15.9 Å². The van der Waals surface area contributed by atoms with Crippen molar-refractivity contribution in [1.29, 1.82) is 0 Å².